The molecule has 1 aromatic carbocycles. The summed E-state index contributed by atoms with van der Waals surface area (Å²) in [5, 5.41) is -0.468. The molecular formula is C20H23N3O6S. The first-order valence-electron chi connectivity index (χ1n) is 9.51. The van der Waals surface area contributed by atoms with Crippen LogP contribution in [0.3, 0.4) is 0 Å². The average molecular weight is 433 g/mol. The minimum Gasteiger partial charge on any atom is -0.493 e. The molecule has 0 aliphatic carbocycles. The fourth-order valence-corrected chi connectivity index (χ4v) is 4.05. The van der Waals surface area contributed by atoms with E-state index >= 15 is 0 Å². The summed E-state index contributed by atoms with van der Waals surface area (Å²) in [6, 6.07) is 4.85. The van der Waals surface area contributed by atoms with Crippen molar-refractivity contribution in [1.29, 1.82) is 0 Å². The van der Waals surface area contributed by atoms with Gasteiger partial charge < -0.3 is 20.1 Å². The van der Waals surface area contributed by atoms with Gasteiger partial charge in [-0.1, -0.05) is 6.07 Å². The van der Waals surface area contributed by atoms with E-state index in [4.69, 9.17) is 15.2 Å². The summed E-state index contributed by atoms with van der Waals surface area (Å²) in [7, 11) is 1.44. The number of thioether (sulfide) groups is 1. The molecule has 0 radical (unpaired) electrons. The number of imide groups is 1. The lowest BCUT2D eigenvalue weighted by molar-refractivity contribution is -0.136. The Kier molecular flexibility index (Phi) is 6.99. The number of likely N-dealkylation sites (tertiary alicyclic amines) is 1. The van der Waals surface area contributed by atoms with E-state index in [9.17, 15) is 19.2 Å². The molecule has 30 heavy (non-hydrogen) atoms. The molecule has 0 spiro atoms. The lowest BCUT2D eigenvalue weighted by Crippen LogP contribution is -2.44. The molecule has 0 unspecified atom stereocenters. The number of amides is 4. The number of carbonyl (C=O) groups is 4. The van der Waals surface area contributed by atoms with Gasteiger partial charge >= 0.3 is 0 Å². The number of carbonyl (C=O) groups excluding carboxylic acids is 4. The van der Waals surface area contributed by atoms with Gasteiger partial charge in [0.1, 0.15) is 6.54 Å². The number of hydrogen-bond donors (Lipinski definition) is 1. The minimum absolute atomic E-state index is 0.212. The first kappa shape index (κ1) is 21.7. The summed E-state index contributed by atoms with van der Waals surface area (Å²) in [4.78, 5) is 51.2. The molecule has 3 rings (SSSR count). The molecule has 2 saturated heterocycles. The predicted octanol–water partition coefficient (Wildman–Crippen LogP) is 1.61. The van der Waals surface area contributed by atoms with Crippen molar-refractivity contribution in [1.82, 2.24) is 9.80 Å². The number of hydrogen-bond acceptors (Lipinski definition) is 7. The number of ether oxygens (including phenoxy) is 2. The minimum atomic E-state index is -0.617. The molecule has 2 heterocycles. The van der Waals surface area contributed by atoms with E-state index in [-0.39, 0.29) is 24.0 Å². The second-order valence-electron chi connectivity index (χ2n) is 6.87. The lowest BCUT2D eigenvalue weighted by Gasteiger charge is -2.27. The van der Waals surface area contributed by atoms with Crippen LogP contribution in [-0.2, 0) is 14.4 Å². The Bertz CT molecular complexity index is 895. The van der Waals surface area contributed by atoms with Crippen molar-refractivity contribution in [3.05, 3.63) is 28.7 Å². The van der Waals surface area contributed by atoms with Crippen LogP contribution in [0.15, 0.2) is 23.1 Å². The van der Waals surface area contributed by atoms with Crippen LogP contribution in [0.2, 0.25) is 0 Å². The maximum atomic E-state index is 12.7. The highest BCUT2D eigenvalue weighted by atomic mass is 32.2. The van der Waals surface area contributed by atoms with Crippen LogP contribution in [0.4, 0.5) is 4.79 Å². The number of benzene rings is 1. The Morgan fingerprint density at radius 3 is 2.57 bits per heavy atom. The van der Waals surface area contributed by atoms with E-state index in [1.54, 1.807) is 29.2 Å². The number of nitrogens with two attached hydrogens (primary N) is 1. The van der Waals surface area contributed by atoms with Crippen molar-refractivity contribution in [2.24, 2.45) is 5.73 Å². The van der Waals surface area contributed by atoms with Crippen molar-refractivity contribution in [3.63, 3.8) is 0 Å². The second kappa shape index (κ2) is 9.66. The van der Waals surface area contributed by atoms with Crippen LogP contribution in [0.1, 0.15) is 24.8 Å². The zero-order chi connectivity index (χ0) is 21.7. The third-order valence-corrected chi connectivity index (χ3v) is 5.64. The second-order valence-corrected chi connectivity index (χ2v) is 7.87. The summed E-state index contributed by atoms with van der Waals surface area (Å²) in [5.41, 5.74) is 5.68. The molecule has 2 aliphatic heterocycles. The van der Waals surface area contributed by atoms with Gasteiger partial charge in [-0.2, -0.15) is 0 Å². The maximum absolute atomic E-state index is 12.7. The van der Waals surface area contributed by atoms with Crippen molar-refractivity contribution in [2.45, 2.75) is 19.3 Å². The van der Waals surface area contributed by atoms with Gasteiger partial charge in [-0.3, -0.25) is 24.1 Å². The third-order valence-electron chi connectivity index (χ3n) is 4.73. The van der Waals surface area contributed by atoms with E-state index in [0.29, 0.717) is 30.2 Å². The van der Waals surface area contributed by atoms with Crippen LogP contribution in [0.25, 0.3) is 6.08 Å². The zero-order valence-corrected chi connectivity index (χ0v) is 17.4. The van der Waals surface area contributed by atoms with E-state index in [1.165, 1.54) is 7.11 Å². The lowest BCUT2D eigenvalue weighted by atomic mass is 10.1. The van der Waals surface area contributed by atoms with Gasteiger partial charge in [0.15, 0.2) is 18.1 Å². The summed E-state index contributed by atoms with van der Waals surface area (Å²) >= 11 is 0.792. The quantitative estimate of drug-likeness (QED) is 0.649. The molecular weight excluding hydrogens is 410 g/mol. The Hall–Kier alpha value is -3.01. The van der Waals surface area contributed by atoms with Gasteiger partial charge in [0.25, 0.3) is 17.1 Å². The largest absolute Gasteiger partial charge is 0.493 e. The van der Waals surface area contributed by atoms with E-state index in [2.05, 4.69) is 0 Å². The summed E-state index contributed by atoms with van der Waals surface area (Å²) in [5.74, 6) is -0.647. The van der Waals surface area contributed by atoms with Gasteiger partial charge in [0.05, 0.1) is 12.0 Å². The molecule has 0 aromatic heterocycles. The van der Waals surface area contributed by atoms with Crippen molar-refractivity contribution in [2.75, 3.05) is 33.4 Å². The molecule has 2 N–H and O–H groups in total. The standard InChI is InChI=1S/C20H23N3O6S/c1-28-15-9-13(5-6-14(15)29-12-17(21)24)10-16-19(26)23(20(27)30-16)11-18(25)22-7-3-2-4-8-22/h5-6,9-10H,2-4,7-8,11-12H2,1H3,(H2,21,24). The van der Waals surface area contributed by atoms with E-state index in [0.717, 1.165) is 35.9 Å². The Labute approximate surface area is 178 Å². The van der Waals surface area contributed by atoms with Gasteiger partial charge in [-0.05, 0) is 54.8 Å². The number of methoxy groups -OCH3 is 1. The first-order chi connectivity index (χ1) is 14.4. The molecule has 0 bridgehead atoms. The van der Waals surface area contributed by atoms with Crippen LogP contribution in [0, 0.1) is 0 Å². The zero-order valence-electron chi connectivity index (χ0n) is 16.6. The normalized spacial score (nSPS) is 18.1. The Balaban J connectivity index is 1.71. The van der Waals surface area contributed by atoms with Crippen LogP contribution in [0.5, 0.6) is 11.5 Å². The fraction of sp³-hybridized carbons (Fsp3) is 0.400. The van der Waals surface area contributed by atoms with Gasteiger partial charge in [-0.15, -0.1) is 0 Å². The van der Waals surface area contributed by atoms with Gasteiger partial charge in [0, 0.05) is 13.1 Å². The Morgan fingerprint density at radius 1 is 1.17 bits per heavy atom. The molecule has 1 aromatic rings. The number of rotatable bonds is 7. The van der Waals surface area contributed by atoms with Crippen molar-refractivity contribution in [3.8, 4) is 11.5 Å². The molecule has 160 valence electrons. The number of piperidine rings is 1. The SMILES string of the molecule is COc1cc(C=C2SC(=O)N(CC(=O)N3CCCCC3)C2=O)ccc1OCC(N)=O. The fourth-order valence-electron chi connectivity index (χ4n) is 3.21. The third kappa shape index (κ3) is 5.12. The molecule has 0 saturated carbocycles. The monoisotopic (exact) mass is 433 g/mol. The first-order valence-corrected chi connectivity index (χ1v) is 10.3. The molecule has 9 nitrogen and oxygen atoms in total. The maximum Gasteiger partial charge on any atom is 0.294 e. The number of primary amides is 1. The molecule has 2 aliphatic rings. The summed E-state index contributed by atoms with van der Waals surface area (Å²) in [6.45, 7) is 0.786. The Morgan fingerprint density at radius 2 is 1.90 bits per heavy atom. The van der Waals surface area contributed by atoms with Crippen LogP contribution >= 0.6 is 11.8 Å². The summed E-state index contributed by atoms with van der Waals surface area (Å²) < 4.78 is 10.5. The van der Waals surface area contributed by atoms with E-state index < -0.39 is 17.1 Å². The molecule has 10 heteroatoms. The van der Waals surface area contributed by atoms with Crippen molar-refractivity contribution >= 4 is 40.8 Å². The van der Waals surface area contributed by atoms with Crippen LogP contribution < -0.4 is 15.2 Å². The molecule has 0 atom stereocenters. The van der Waals surface area contributed by atoms with Gasteiger partial charge in [0.2, 0.25) is 5.91 Å². The smallest absolute Gasteiger partial charge is 0.294 e. The highest BCUT2D eigenvalue weighted by Crippen LogP contribution is 2.34. The number of nitrogens with zero attached hydrogens (tertiary/aromatic N) is 2. The van der Waals surface area contributed by atoms with Crippen molar-refractivity contribution < 1.29 is 28.7 Å². The average Bonchev–Trinajstić information content (AvgIpc) is 3.00. The van der Waals surface area contributed by atoms with Gasteiger partial charge in [-0.25, -0.2) is 0 Å². The summed E-state index contributed by atoms with van der Waals surface area (Å²) in [6.07, 6.45) is 4.52. The molecule has 2 fully saturated rings. The predicted molar refractivity (Wildman–Crippen MR) is 111 cm³/mol. The highest BCUT2D eigenvalue weighted by Gasteiger charge is 2.37. The molecule has 4 amide bonds. The highest BCUT2D eigenvalue weighted by molar-refractivity contribution is 8.18. The van der Waals surface area contributed by atoms with E-state index in [1.807, 2.05) is 0 Å². The topological polar surface area (TPSA) is 119 Å². The van der Waals surface area contributed by atoms with Crippen LogP contribution in [-0.4, -0.2) is 66.1 Å².